The molecule has 0 unspecified atom stereocenters. The molecule has 3 rings (SSSR count). The number of aryl methyl sites for hydroxylation is 1. The van der Waals surface area contributed by atoms with Crippen molar-refractivity contribution in [3.63, 3.8) is 0 Å². The van der Waals surface area contributed by atoms with Crippen LogP contribution >= 0.6 is 0 Å². The predicted molar refractivity (Wildman–Crippen MR) is 83.8 cm³/mol. The van der Waals surface area contributed by atoms with Gasteiger partial charge in [0, 0.05) is 11.6 Å². The maximum Gasteiger partial charge on any atom is 0.335 e. The Morgan fingerprint density at radius 1 is 1.27 bits per heavy atom. The number of rotatable bonds is 3. The van der Waals surface area contributed by atoms with Crippen LogP contribution in [0, 0.1) is 6.92 Å². The number of aromatic nitrogens is 2. The van der Waals surface area contributed by atoms with Crippen LogP contribution in [-0.2, 0) is 0 Å². The van der Waals surface area contributed by atoms with Crippen LogP contribution in [0.1, 0.15) is 47.2 Å². The second kappa shape index (κ2) is 6.23. The maximum atomic E-state index is 11.1. The highest BCUT2D eigenvalue weighted by atomic mass is 16.4. The summed E-state index contributed by atoms with van der Waals surface area (Å²) in [4.78, 5) is 20.1. The number of hydrogen-bond acceptors (Lipinski definition) is 4. The maximum absolute atomic E-state index is 11.1. The molecule has 0 amide bonds. The third-order valence-electron chi connectivity index (χ3n) is 3.93. The van der Waals surface area contributed by atoms with Crippen LogP contribution in [0.5, 0.6) is 0 Å². The van der Waals surface area contributed by atoms with E-state index < -0.39 is 5.97 Å². The number of aromatic carboxylic acids is 1. The van der Waals surface area contributed by atoms with Crippen molar-refractivity contribution >= 4 is 5.97 Å². The van der Waals surface area contributed by atoms with Gasteiger partial charge in [0.1, 0.15) is 5.82 Å². The number of benzene rings is 1. The fraction of sp³-hybridized carbons (Fsp3) is 0.353. The number of carbonyl (C=O) groups is 1. The van der Waals surface area contributed by atoms with Gasteiger partial charge >= 0.3 is 5.97 Å². The summed E-state index contributed by atoms with van der Waals surface area (Å²) in [5.74, 6) is -0.220. The van der Waals surface area contributed by atoms with E-state index in [1.807, 2.05) is 19.1 Å². The van der Waals surface area contributed by atoms with Gasteiger partial charge in [-0.1, -0.05) is 18.6 Å². The van der Waals surface area contributed by atoms with Crippen molar-refractivity contribution in [3.8, 4) is 11.3 Å². The highest BCUT2D eigenvalue weighted by molar-refractivity contribution is 5.89. The zero-order valence-corrected chi connectivity index (χ0v) is 12.5. The van der Waals surface area contributed by atoms with Crippen LogP contribution in [0.4, 0.5) is 0 Å². The Morgan fingerprint density at radius 3 is 2.86 bits per heavy atom. The Bertz CT molecular complexity index is 694. The Kier molecular flexibility index (Phi) is 4.15. The molecule has 22 heavy (non-hydrogen) atoms. The molecule has 0 spiro atoms. The SMILES string of the molecule is Cc1nc(-c2cccc(C(=O)O)c2)cc([C@H]2CCCCN2)n1. The molecular formula is C17H19N3O2. The summed E-state index contributed by atoms with van der Waals surface area (Å²) in [5.41, 5.74) is 2.84. The van der Waals surface area contributed by atoms with E-state index in [0.717, 1.165) is 29.9 Å². The second-order valence-electron chi connectivity index (χ2n) is 5.61. The van der Waals surface area contributed by atoms with Gasteiger partial charge in [0.25, 0.3) is 0 Å². The van der Waals surface area contributed by atoms with Gasteiger partial charge in [-0.2, -0.15) is 0 Å². The minimum absolute atomic E-state index is 0.261. The fourth-order valence-electron chi connectivity index (χ4n) is 2.83. The van der Waals surface area contributed by atoms with Crippen molar-refractivity contribution < 1.29 is 9.90 Å². The molecule has 2 N–H and O–H groups in total. The lowest BCUT2D eigenvalue weighted by Gasteiger charge is -2.23. The number of nitrogens with zero attached hydrogens (tertiary/aromatic N) is 2. The molecule has 1 fully saturated rings. The average Bonchev–Trinajstić information content (AvgIpc) is 2.55. The molecule has 1 aliphatic rings. The lowest BCUT2D eigenvalue weighted by molar-refractivity contribution is 0.0697. The number of hydrogen-bond donors (Lipinski definition) is 2. The molecule has 0 radical (unpaired) electrons. The van der Waals surface area contributed by atoms with Gasteiger partial charge in [-0.15, -0.1) is 0 Å². The van der Waals surface area contributed by atoms with E-state index >= 15 is 0 Å². The molecule has 0 bridgehead atoms. The van der Waals surface area contributed by atoms with Crippen LogP contribution in [0.3, 0.4) is 0 Å². The standard InChI is InChI=1S/C17H19N3O2/c1-11-19-15(12-5-4-6-13(9-12)17(21)22)10-16(20-11)14-7-2-3-8-18-14/h4-6,9-10,14,18H,2-3,7-8H2,1H3,(H,21,22)/t14-/m1/s1. The van der Waals surface area contributed by atoms with E-state index in [4.69, 9.17) is 5.11 Å². The number of nitrogens with one attached hydrogen (secondary N) is 1. The van der Waals surface area contributed by atoms with Gasteiger partial charge in [-0.3, -0.25) is 0 Å². The molecule has 1 aliphatic heterocycles. The van der Waals surface area contributed by atoms with E-state index in [9.17, 15) is 4.79 Å². The van der Waals surface area contributed by atoms with Crippen LogP contribution in [0.25, 0.3) is 11.3 Å². The quantitative estimate of drug-likeness (QED) is 0.911. The van der Waals surface area contributed by atoms with Crippen molar-refractivity contribution in [2.24, 2.45) is 0 Å². The Labute approximate surface area is 129 Å². The van der Waals surface area contributed by atoms with Gasteiger partial charge in [0.05, 0.1) is 17.0 Å². The molecule has 0 saturated carbocycles. The van der Waals surface area contributed by atoms with Crippen LogP contribution in [0.2, 0.25) is 0 Å². The zero-order valence-electron chi connectivity index (χ0n) is 12.5. The first kappa shape index (κ1) is 14.7. The van der Waals surface area contributed by atoms with Gasteiger partial charge in [-0.25, -0.2) is 14.8 Å². The Hall–Kier alpha value is -2.27. The van der Waals surface area contributed by atoms with E-state index in [0.29, 0.717) is 5.82 Å². The molecular weight excluding hydrogens is 278 g/mol. The molecule has 5 heteroatoms. The van der Waals surface area contributed by atoms with Gasteiger partial charge in [-0.05, 0) is 44.5 Å². The third-order valence-corrected chi connectivity index (χ3v) is 3.93. The molecule has 0 aliphatic carbocycles. The molecule has 1 aromatic heterocycles. The molecule has 1 saturated heterocycles. The number of piperidine rings is 1. The van der Waals surface area contributed by atoms with Gasteiger partial charge < -0.3 is 10.4 Å². The second-order valence-corrected chi connectivity index (χ2v) is 5.61. The summed E-state index contributed by atoms with van der Waals surface area (Å²) in [7, 11) is 0. The Morgan fingerprint density at radius 2 is 2.14 bits per heavy atom. The molecule has 114 valence electrons. The smallest absolute Gasteiger partial charge is 0.335 e. The largest absolute Gasteiger partial charge is 0.478 e. The van der Waals surface area contributed by atoms with Crippen molar-refractivity contribution in [2.75, 3.05) is 6.54 Å². The summed E-state index contributed by atoms with van der Waals surface area (Å²) in [6.45, 7) is 2.88. The topological polar surface area (TPSA) is 75.1 Å². The zero-order chi connectivity index (χ0) is 15.5. The van der Waals surface area contributed by atoms with E-state index in [1.165, 1.54) is 12.8 Å². The highest BCUT2D eigenvalue weighted by Crippen LogP contribution is 2.25. The molecule has 5 nitrogen and oxygen atoms in total. The molecule has 1 atom stereocenters. The van der Waals surface area contributed by atoms with E-state index in [-0.39, 0.29) is 11.6 Å². The number of carboxylic acid groups (broad SMARTS) is 1. The first-order chi connectivity index (χ1) is 10.6. The van der Waals surface area contributed by atoms with Gasteiger partial charge in [0.15, 0.2) is 0 Å². The molecule has 2 aromatic rings. The third kappa shape index (κ3) is 3.14. The van der Waals surface area contributed by atoms with E-state index in [2.05, 4.69) is 15.3 Å². The first-order valence-electron chi connectivity index (χ1n) is 7.56. The van der Waals surface area contributed by atoms with Crippen molar-refractivity contribution in [1.29, 1.82) is 0 Å². The average molecular weight is 297 g/mol. The van der Waals surface area contributed by atoms with Crippen molar-refractivity contribution in [3.05, 3.63) is 47.4 Å². The normalized spacial score (nSPS) is 18.1. The van der Waals surface area contributed by atoms with Crippen molar-refractivity contribution in [2.45, 2.75) is 32.2 Å². The lowest BCUT2D eigenvalue weighted by atomic mass is 10.00. The van der Waals surface area contributed by atoms with Crippen LogP contribution in [-0.4, -0.2) is 27.6 Å². The van der Waals surface area contributed by atoms with Gasteiger partial charge in [0.2, 0.25) is 0 Å². The summed E-state index contributed by atoms with van der Waals surface area (Å²) in [6.07, 6.45) is 3.48. The monoisotopic (exact) mass is 297 g/mol. The Balaban J connectivity index is 1.98. The van der Waals surface area contributed by atoms with Crippen molar-refractivity contribution in [1.82, 2.24) is 15.3 Å². The summed E-state index contributed by atoms with van der Waals surface area (Å²) in [6, 6.07) is 9.10. The van der Waals surface area contributed by atoms with E-state index in [1.54, 1.807) is 18.2 Å². The van der Waals surface area contributed by atoms with Crippen LogP contribution < -0.4 is 5.32 Å². The minimum Gasteiger partial charge on any atom is -0.478 e. The number of carboxylic acids is 1. The predicted octanol–water partition coefficient (Wildman–Crippen LogP) is 2.96. The molecule has 2 heterocycles. The summed E-state index contributed by atoms with van der Waals surface area (Å²) < 4.78 is 0. The molecule has 1 aromatic carbocycles. The summed E-state index contributed by atoms with van der Waals surface area (Å²) in [5, 5.41) is 12.6. The minimum atomic E-state index is -0.929. The lowest BCUT2D eigenvalue weighted by Crippen LogP contribution is -2.27. The summed E-state index contributed by atoms with van der Waals surface area (Å²) >= 11 is 0. The highest BCUT2D eigenvalue weighted by Gasteiger charge is 2.18. The van der Waals surface area contributed by atoms with Crippen LogP contribution in [0.15, 0.2) is 30.3 Å². The fourth-order valence-corrected chi connectivity index (χ4v) is 2.83. The first-order valence-corrected chi connectivity index (χ1v) is 7.56.